The van der Waals surface area contributed by atoms with E-state index in [1.807, 2.05) is 36.9 Å². The lowest BCUT2D eigenvalue weighted by Crippen LogP contribution is -2.38. The third-order valence-electron chi connectivity index (χ3n) is 4.19. The smallest absolute Gasteiger partial charge is 0.316 e. The van der Waals surface area contributed by atoms with Crippen LogP contribution in [-0.2, 0) is 29.2 Å². The molecule has 3 rings (SSSR count). The van der Waals surface area contributed by atoms with E-state index in [2.05, 4.69) is 16.8 Å². The van der Waals surface area contributed by atoms with Crippen molar-refractivity contribution in [1.82, 2.24) is 14.5 Å². The molecule has 3 heterocycles. The first-order valence-electron chi connectivity index (χ1n) is 8.10. The molecule has 0 radical (unpaired) electrons. The zero-order valence-electron chi connectivity index (χ0n) is 13.9. The van der Waals surface area contributed by atoms with Crippen molar-refractivity contribution < 1.29 is 13.9 Å². The lowest BCUT2D eigenvalue weighted by Gasteiger charge is -2.31. The summed E-state index contributed by atoms with van der Waals surface area (Å²) in [5.74, 6) is 1.33. The number of carbonyl (C=O) groups is 1. The first-order chi connectivity index (χ1) is 11.1. The maximum Gasteiger partial charge on any atom is 0.316 e. The highest BCUT2D eigenvalue weighted by Gasteiger charge is 2.35. The van der Waals surface area contributed by atoms with Crippen LogP contribution in [0.1, 0.15) is 42.7 Å². The Hall–Kier alpha value is -2.08. The number of carbonyl (C=O) groups excluding carboxylic acids is 1. The van der Waals surface area contributed by atoms with Crippen molar-refractivity contribution in [2.24, 2.45) is 0 Å². The molecule has 6 heteroatoms. The summed E-state index contributed by atoms with van der Waals surface area (Å²) in [4.78, 5) is 19.1. The monoisotopic (exact) mass is 317 g/mol. The molecular formula is C17H23N3O3. The number of hydrogen-bond acceptors (Lipinski definition) is 5. The number of ether oxygens (including phenoxy) is 1. The molecule has 0 spiro atoms. The number of furan rings is 1. The highest BCUT2D eigenvalue weighted by molar-refractivity contribution is 5.78. The molecule has 0 bridgehead atoms. The average molecular weight is 317 g/mol. The van der Waals surface area contributed by atoms with Gasteiger partial charge in [-0.05, 0) is 32.9 Å². The molecule has 2 aromatic rings. The first-order valence-corrected chi connectivity index (χ1v) is 8.10. The highest BCUT2D eigenvalue weighted by Crippen LogP contribution is 2.30. The van der Waals surface area contributed by atoms with E-state index in [9.17, 15) is 4.79 Å². The Kier molecular flexibility index (Phi) is 4.52. The Morgan fingerprint density at radius 2 is 2.26 bits per heavy atom. The molecule has 2 aromatic heterocycles. The summed E-state index contributed by atoms with van der Waals surface area (Å²) in [6.45, 7) is 9.03. The standard InChI is InChI=1S/C17H23N3O3/c1-4-20-11-18-15-10-19(8-13-7-6-12(3)23-13)9-14(16(15)20)17(21)22-5-2/h6-7,11,14H,4-5,8-10H2,1-3H3/t14-/m0/s1. The van der Waals surface area contributed by atoms with Gasteiger partial charge in [0.2, 0.25) is 0 Å². The van der Waals surface area contributed by atoms with Crippen LogP contribution in [0, 0.1) is 6.92 Å². The van der Waals surface area contributed by atoms with Gasteiger partial charge in [-0.15, -0.1) is 0 Å². The van der Waals surface area contributed by atoms with E-state index in [0.717, 1.165) is 36.0 Å². The van der Waals surface area contributed by atoms with Gasteiger partial charge in [-0.3, -0.25) is 9.69 Å². The lowest BCUT2D eigenvalue weighted by molar-refractivity contribution is -0.146. The second-order valence-electron chi connectivity index (χ2n) is 5.85. The molecule has 6 nitrogen and oxygen atoms in total. The third-order valence-corrected chi connectivity index (χ3v) is 4.19. The number of aryl methyl sites for hydroxylation is 2. The van der Waals surface area contributed by atoms with Gasteiger partial charge < -0.3 is 13.7 Å². The van der Waals surface area contributed by atoms with Crippen molar-refractivity contribution in [3.8, 4) is 0 Å². The van der Waals surface area contributed by atoms with Crippen LogP contribution in [0.4, 0.5) is 0 Å². The number of fused-ring (bicyclic) bond motifs is 1. The fraction of sp³-hybridized carbons (Fsp3) is 0.529. The van der Waals surface area contributed by atoms with Gasteiger partial charge in [-0.25, -0.2) is 4.98 Å². The largest absolute Gasteiger partial charge is 0.465 e. The van der Waals surface area contributed by atoms with Gasteiger partial charge in [-0.1, -0.05) is 0 Å². The summed E-state index contributed by atoms with van der Waals surface area (Å²) < 4.78 is 13.0. The normalized spacial score (nSPS) is 18.0. The second-order valence-corrected chi connectivity index (χ2v) is 5.85. The van der Waals surface area contributed by atoms with Crippen LogP contribution in [-0.4, -0.2) is 33.6 Å². The zero-order chi connectivity index (χ0) is 16.4. The SMILES string of the molecule is CCOC(=O)[C@H]1CN(Cc2ccc(C)o2)Cc2ncn(CC)c21. The fourth-order valence-corrected chi connectivity index (χ4v) is 3.17. The summed E-state index contributed by atoms with van der Waals surface area (Å²) >= 11 is 0. The van der Waals surface area contributed by atoms with Crippen molar-refractivity contribution >= 4 is 5.97 Å². The van der Waals surface area contributed by atoms with E-state index in [0.29, 0.717) is 19.7 Å². The predicted octanol–water partition coefficient (Wildman–Crippen LogP) is 2.47. The van der Waals surface area contributed by atoms with E-state index in [4.69, 9.17) is 9.15 Å². The van der Waals surface area contributed by atoms with Crippen LogP contribution in [0.2, 0.25) is 0 Å². The Bertz CT molecular complexity index is 689. The zero-order valence-corrected chi connectivity index (χ0v) is 13.9. The van der Waals surface area contributed by atoms with Gasteiger partial charge in [-0.2, -0.15) is 0 Å². The third kappa shape index (κ3) is 3.17. The van der Waals surface area contributed by atoms with E-state index >= 15 is 0 Å². The van der Waals surface area contributed by atoms with Crippen molar-refractivity contribution in [1.29, 1.82) is 0 Å². The van der Waals surface area contributed by atoms with Crippen LogP contribution >= 0.6 is 0 Å². The summed E-state index contributed by atoms with van der Waals surface area (Å²) in [6, 6.07) is 3.94. The van der Waals surface area contributed by atoms with Crippen LogP contribution in [0.15, 0.2) is 22.9 Å². The first kappa shape index (κ1) is 15.8. The minimum Gasteiger partial charge on any atom is -0.465 e. The van der Waals surface area contributed by atoms with Gasteiger partial charge in [0.15, 0.2) is 0 Å². The van der Waals surface area contributed by atoms with Crippen LogP contribution in [0.5, 0.6) is 0 Å². The van der Waals surface area contributed by atoms with Crippen LogP contribution in [0.3, 0.4) is 0 Å². The summed E-state index contributed by atoms with van der Waals surface area (Å²) in [7, 11) is 0. The average Bonchev–Trinajstić information content (AvgIpc) is 3.12. The van der Waals surface area contributed by atoms with Crippen molar-refractivity contribution in [3.63, 3.8) is 0 Å². The number of rotatable bonds is 5. The molecule has 0 saturated carbocycles. The Morgan fingerprint density at radius 1 is 1.43 bits per heavy atom. The molecule has 0 saturated heterocycles. The number of nitrogens with zero attached hydrogens (tertiary/aromatic N) is 3. The second kappa shape index (κ2) is 6.58. The highest BCUT2D eigenvalue weighted by atomic mass is 16.5. The minimum absolute atomic E-state index is 0.177. The van der Waals surface area contributed by atoms with E-state index in [1.165, 1.54) is 0 Å². The predicted molar refractivity (Wildman–Crippen MR) is 84.8 cm³/mol. The molecule has 0 amide bonds. The molecule has 1 aliphatic heterocycles. The number of esters is 1. The molecule has 0 aliphatic carbocycles. The van der Waals surface area contributed by atoms with E-state index in [-0.39, 0.29) is 11.9 Å². The summed E-state index contributed by atoms with van der Waals surface area (Å²) in [5.41, 5.74) is 1.96. The Morgan fingerprint density at radius 3 is 2.91 bits per heavy atom. The van der Waals surface area contributed by atoms with Crippen LogP contribution < -0.4 is 0 Å². The Balaban J connectivity index is 1.85. The van der Waals surface area contributed by atoms with E-state index < -0.39 is 0 Å². The summed E-state index contributed by atoms with van der Waals surface area (Å²) in [6.07, 6.45) is 1.82. The number of imidazole rings is 1. The molecular weight excluding hydrogens is 294 g/mol. The maximum absolute atomic E-state index is 12.4. The quantitative estimate of drug-likeness (QED) is 0.793. The minimum atomic E-state index is -0.294. The van der Waals surface area contributed by atoms with Crippen molar-refractivity contribution in [2.45, 2.75) is 46.3 Å². The molecule has 1 aliphatic rings. The molecule has 0 N–H and O–H groups in total. The van der Waals surface area contributed by atoms with Crippen molar-refractivity contribution in [3.05, 3.63) is 41.4 Å². The van der Waals surface area contributed by atoms with Gasteiger partial charge in [0.05, 0.1) is 30.9 Å². The van der Waals surface area contributed by atoms with Gasteiger partial charge in [0, 0.05) is 19.6 Å². The number of aromatic nitrogens is 2. The summed E-state index contributed by atoms with van der Waals surface area (Å²) in [5, 5.41) is 0. The molecule has 124 valence electrons. The van der Waals surface area contributed by atoms with Crippen LogP contribution in [0.25, 0.3) is 0 Å². The molecule has 0 aromatic carbocycles. The molecule has 0 fully saturated rings. The van der Waals surface area contributed by atoms with Crippen molar-refractivity contribution in [2.75, 3.05) is 13.2 Å². The number of hydrogen-bond donors (Lipinski definition) is 0. The van der Waals surface area contributed by atoms with E-state index in [1.54, 1.807) is 0 Å². The van der Waals surface area contributed by atoms with Gasteiger partial charge in [0.25, 0.3) is 0 Å². The molecule has 0 unspecified atom stereocenters. The van der Waals surface area contributed by atoms with Gasteiger partial charge in [0.1, 0.15) is 17.4 Å². The molecule has 23 heavy (non-hydrogen) atoms. The topological polar surface area (TPSA) is 60.5 Å². The molecule has 1 atom stereocenters. The lowest BCUT2D eigenvalue weighted by atomic mass is 9.98. The maximum atomic E-state index is 12.4. The van der Waals surface area contributed by atoms with Gasteiger partial charge >= 0.3 is 5.97 Å². The Labute approximate surface area is 136 Å². The fourth-order valence-electron chi connectivity index (χ4n) is 3.17.